The Morgan fingerprint density at radius 1 is 1.24 bits per heavy atom. The molecule has 148 valence electrons. The molecule has 1 atom stereocenters. The van der Waals surface area contributed by atoms with E-state index in [1.54, 1.807) is 10.7 Å². The van der Waals surface area contributed by atoms with Crippen molar-refractivity contribution in [1.82, 2.24) is 9.78 Å². The number of halogens is 1. The van der Waals surface area contributed by atoms with Crippen LogP contribution >= 0.6 is 11.6 Å². The molecule has 0 aliphatic carbocycles. The molecule has 3 aromatic rings. The van der Waals surface area contributed by atoms with E-state index < -0.39 is 6.04 Å². The summed E-state index contributed by atoms with van der Waals surface area (Å²) in [7, 11) is 0. The molecule has 6 nitrogen and oxygen atoms in total. The topological polar surface area (TPSA) is 76.0 Å². The van der Waals surface area contributed by atoms with E-state index >= 15 is 0 Å². The third-order valence-corrected chi connectivity index (χ3v) is 5.30. The monoisotopic (exact) mass is 408 g/mol. The summed E-state index contributed by atoms with van der Waals surface area (Å²) >= 11 is 6.12. The number of nitrogens with one attached hydrogen (secondary N) is 2. The molecule has 29 heavy (non-hydrogen) atoms. The smallest absolute Gasteiger partial charge is 0.251 e. The van der Waals surface area contributed by atoms with Gasteiger partial charge in [-0.05, 0) is 48.7 Å². The minimum absolute atomic E-state index is 0.00443. The molecule has 0 radical (unpaired) electrons. The van der Waals surface area contributed by atoms with Crippen molar-refractivity contribution < 1.29 is 9.59 Å². The number of rotatable bonds is 5. The summed E-state index contributed by atoms with van der Waals surface area (Å²) in [5.74, 6) is 0.117. The summed E-state index contributed by atoms with van der Waals surface area (Å²) in [5, 5.41) is 10.9. The van der Waals surface area contributed by atoms with Crippen LogP contribution in [0, 0.1) is 6.92 Å². The van der Waals surface area contributed by atoms with Gasteiger partial charge >= 0.3 is 0 Å². The largest absolute Gasteiger partial charge is 0.326 e. The van der Waals surface area contributed by atoms with Gasteiger partial charge < -0.3 is 10.6 Å². The maximum Gasteiger partial charge on any atom is 0.251 e. The minimum Gasteiger partial charge on any atom is -0.326 e. The zero-order chi connectivity index (χ0) is 20.5. The molecule has 1 aliphatic rings. The predicted octanol–water partition coefficient (Wildman–Crippen LogP) is 4.60. The second-order valence-electron chi connectivity index (χ2n) is 7.07. The third-order valence-electron chi connectivity index (χ3n) is 5.06. The minimum atomic E-state index is -0.688. The average molecular weight is 409 g/mol. The number of nitrogens with zero attached hydrogens (tertiary/aromatic N) is 2. The lowest BCUT2D eigenvalue weighted by molar-refractivity contribution is -0.123. The van der Waals surface area contributed by atoms with Crippen LogP contribution in [0.4, 0.5) is 11.5 Å². The molecular formula is C22H21ClN4O2. The number of benzene rings is 2. The summed E-state index contributed by atoms with van der Waals surface area (Å²) < 4.78 is 1.60. The van der Waals surface area contributed by atoms with Crippen LogP contribution in [0.1, 0.15) is 30.6 Å². The normalized spacial score (nSPS) is 15.1. The number of aryl methyl sites for hydroxylation is 2. The molecule has 0 saturated carbocycles. The number of carbonyl (C=O) groups excluding carboxylic acids is 2. The molecule has 2 amide bonds. The zero-order valence-corrected chi connectivity index (χ0v) is 17.0. The fourth-order valence-electron chi connectivity index (χ4n) is 3.58. The third kappa shape index (κ3) is 3.76. The number of anilines is 2. The molecule has 2 heterocycles. The van der Waals surface area contributed by atoms with E-state index in [4.69, 9.17) is 11.6 Å². The summed E-state index contributed by atoms with van der Waals surface area (Å²) in [6.07, 6.45) is 0.942. The Kier molecular flexibility index (Phi) is 5.11. The van der Waals surface area contributed by atoms with Gasteiger partial charge in [-0.3, -0.25) is 9.59 Å². The highest BCUT2D eigenvalue weighted by atomic mass is 35.5. The Morgan fingerprint density at radius 3 is 2.69 bits per heavy atom. The highest BCUT2D eigenvalue weighted by Gasteiger charge is 2.36. The SMILES string of the molecule is CCc1ccc(NC(=O)CC2C(=O)Nc3c(-c4cccc(Cl)c4)c(C)nn32)cc1. The van der Waals surface area contributed by atoms with Gasteiger partial charge in [0.15, 0.2) is 0 Å². The van der Waals surface area contributed by atoms with Crippen LogP contribution in [0.15, 0.2) is 48.5 Å². The van der Waals surface area contributed by atoms with Crippen molar-refractivity contribution in [2.24, 2.45) is 0 Å². The summed E-state index contributed by atoms with van der Waals surface area (Å²) in [6, 6.07) is 14.4. The summed E-state index contributed by atoms with van der Waals surface area (Å²) in [6.45, 7) is 3.95. The van der Waals surface area contributed by atoms with Crippen molar-refractivity contribution in [3.05, 3.63) is 64.8 Å². The van der Waals surface area contributed by atoms with Gasteiger partial charge in [0.05, 0.1) is 12.1 Å². The summed E-state index contributed by atoms with van der Waals surface area (Å²) in [4.78, 5) is 25.1. The van der Waals surface area contributed by atoms with E-state index in [0.717, 1.165) is 23.2 Å². The molecule has 7 heteroatoms. The van der Waals surface area contributed by atoms with Crippen molar-refractivity contribution in [3.8, 4) is 11.1 Å². The van der Waals surface area contributed by atoms with Gasteiger partial charge in [-0.2, -0.15) is 5.10 Å². The number of hydrogen-bond acceptors (Lipinski definition) is 3. The van der Waals surface area contributed by atoms with Gasteiger partial charge in [0.25, 0.3) is 5.91 Å². The predicted molar refractivity (Wildman–Crippen MR) is 114 cm³/mol. The number of amides is 2. The van der Waals surface area contributed by atoms with Gasteiger partial charge in [0.2, 0.25) is 5.91 Å². The van der Waals surface area contributed by atoms with Gasteiger partial charge in [-0.15, -0.1) is 0 Å². The van der Waals surface area contributed by atoms with Crippen molar-refractivity contribution >= 4 is 34.9 Å². The van der Waals surface area contributed by atoms with Crippen LogP contribution < -0.4 is 10.6 Å². The van der Waals surface area contributed by atoms with E-state index in [2.05, 4.69) is 22.7 Å². The molecule has 0 spiro atoms. The van der Waals surface area contributed by atoms with Crippen LogP contribution in [0.3, 0.4) is 0 Å². The first-order chi connectivity index (χ1) is 14.0. The van der Waals surface area contributed by atoms with E-state index in [1.807, 2.05) is 49.4 Å². The van der Waals surface area contributed by atoms with Gasteiger partial charge in [-0.1, -0.05) is 42.8 Å². The van der Waals surface area contributed by atoms with E-state index in [1.165, 1.54) is 5.56 Å². The molecule has 1 aliphatic heterocycles. The quantitative estimate of drug-likeness (QED) is 0.648. The molecular weight excluding hydrogens is 388 g/mol. The molecule has 4 rings (SSSR count). The molecule has 0 fully saturated rings. The van der Waals surface area contributed by atoms with Crippen molar-refractivity contribution in [1.29, 1.82) is 0 Å². The Morgan fingerprint density at radius 2 is 2.00 bits per heavy atom. The van der Waals surface area contributed by atoms with Gasteiger partial charge in [-0.25, -0.2) is 4.68 Å². The number of aromatic nitrogens is 2. The molecule has 1 aromatic heterocycles. The van der Waals surface area contributed by atoms with Crippen molar-refractivity contribution in [2.75, 3.05) is 10.6 Å². The maximum absolute atomic E-state index is 12.5. The lowest BCUT2D eigenvalue weighted by Gasteiger charge is -2.10. The number of fused-ring (bicyclic) bond motifs is 1. The highest BCUT2D eigenvalue weighted by molar-refractivity contribution is 6.30. The zero-order valence-electron chi connectivity index (χ0n) is 16.2. The molecule has 2 N–H and O–H groups in total. The van der Waals surface area contributed by atoms with Crippen LogP contribution in [-0.4, -0.2) is 21.6 Å². The molecule has 2 aromatic carbocycles. The lowest BCUT2D eigenvalue weighted by Crippen LogP contribution is -2.23. The van der Waals surface area contributed by atoms with Gasteiger partial charge in [0.1, 0.15) is 11.9 Å². The standard InChI is InChI=1S/C22H21ClN4O2/c1-3-14-7-9-17(10-8-14)24-19(28)12-18-22(29)25-21-20(13(2)26-27(18)21)15-5-4-6-16(23)11-15/h4-11,18H,3,12H2,1-2H3,(H,24,28)(H,25,29). The Balaban J connectivity index is 1.55. The molecule has 0 bridgehead atoms. The van der Waals surface area contributed by atoms with E-state index in [9.17, 15) is 9.59 Å². The number of hydrogen-bond donors (Lipinski definition) is 2. The van der Waals surface area contributed by atoms with Crippen molar-refractivity contribution in [3.63, 3.8) is 0 Å². The van der Waals surface area contributed by atoms with Crippen LogP contribution in [0.2, 0.25) is 5.02 Å². The second-order valence-corrected chi connectivity index (χ2v) is 7.51. The van der Waals surface area contributed by atoms with Crippen LogP contribution in [-0.2, 0) is 16.0 Å². The summed E-state index contributed by atoms with van der Waals surface area (Å²) in [5.41, 5.74) is 4.37. The highest BCUT2D eigenvalue weighted by Crippen LogP contribution is 2.38. The van der Waals surface area contributed by atoms with Gasteiger partial charge in [0, 0.05) is 16.3 Å². The van der Waals surface area contributed by atoms with E-state index in [-0.39, 0.29) is 18.2 Å². The Bertz CT molecular complexity index is 1090. The van der Waals surface area contributed by atoms with Crippen molar-refractivity contribution in [2.45, 2.75) is 32.7 Å². The number of carbonyl (C=O) groups is 2. The fourth-order valence-corrected chi connectivity index (χ4v) is 3.77. The first-order valence-electron chi connectivity index (χ1n) is 9.51. The van der Waals surface area contributed by atoms with E-state index in [0.29, 0.717) is 16.5 Å². The average Bonchev–Trinajstić information content (AvgIpc) is 3.16. The molecule has 0 saturated heterocycles. The maximum atomic E-state index is 12.5. The van der Waals surface area contributed by atoms with Crippen LogP contribution in [0.5, 0.6) is 0 Å². The first-order valence-corrected chi connectivity index (χ1v) is 9.88. The second kappa shape index (κ2) is 7.72. The van der Waals surface area contributed by atoms with Crippen LogP contribution in [0.25, 0.3) is 11.1 Å². The first kappa shape index (κ1) is 19.2. The lowest BCUT2D eigenvalue weighted by atomic mass is 10.1. The fraction of sp³-hybridized carbons (Fsp3) is 0.227. The Labute approximate surface area is 173 Å². The molecule has 1 unspecified atom stereocenters. The Hall–Kier alpha value is -3.12.